The number of nitrogens with zero attached hydrogens (tertiary/aromatic N) is 4. The van der Waals surface area contributed by atoms with Gasteiger partial charge in [-0.15, -0.1) is 32.9 Å². The van der Waals surface area contributed by atoms with Gasteiger partial charge in [0, 0.05) is 11.1 Å². The quantitative estimate of drug-likeness (QED) is 0.522. The number of carbonyl (C=O) groups is 1. The Bertz CT molecular complexity index is 1030. The number of carboxylic acid groups (broad SMARTS) is 1. The fraction of sp³-hybridized carbons (Fsp3) is 0.0588. The van der Waals surface area contributed by atoms with E-state index in [0.717, 1.165) is 20.7 Å². The lowest BCUT2D eigenvalue weighted by atomic mass is 10.3. The second-order valence-electron chi connectivity index (χ2n) is 5.23. The average Bonchev–Trinajstić information content (AvgIpc) is 3.36. The van der Waals surface area contributed by atoms with Crippen LogP contribution in [0.4, 0.5) is 0 Å². The third-order valence-corrected chi connectivity index (χ3v) is 6.23. The van der Waals surface area contributed by atoms with Gasteiger partial charge in [0.25, 0.3) is 0 Å². The lowest BCUT2D eigenvalue weighted by Crippen LogP contribution is -2.00. The van der Waals surface area contributed by atoms with Crippen molar-refractivity contribution in [3.8, 4) is 16.4 Å². The van der Waals surface area contributed by atoms with E-state index in [0.29, 0.717) is 10.9 Å². The average molecular weight is 401 g/mol. The molecular formula is C17H12N4O2S3. The van der Waals surface area contributed by atoms with Crippen molar-refractivity contribution in [2.45, 2.75) is 15.9 Å². The molecule has 1 N–H and O–H groups in total. The number of carboxylic acids is 1. The predicted octanol–water partition coefficient (Wildman–Crippen LogP) is 4.23. The van der Waals surface area contributed by atoms with Gasteiger partial charge in [0.1, 0.15) is 0 Å². The smallest absolute Gasteiger partial charge is 0.309 e. The van der Waals surface area contributed by atoms with Gasteiger partial charge in [0.15, 0.2) is 10.2 Å². The first-order valence-electron chi connectivity index (χ1n) is 7.59. The van der Waals surface area contributed by atoms with Gasteiger partial charge in [0.05, 0.1) is 17.0 Å². The van der Waals surface area contributed by atoms with E-state index in [9.17, 15) is 4.79 Å². The van der Waals surface area contributed by atoms with Crippen molar-refractivity contribution in [1.82, 2.24) is 19.7 Å². The van der Waals surface area contributed by atoms with Gasteiger partial charge in [-0.25, -0.2) is 4.98 Å². The molecule has 0 spiro atoms. The minimum atomic E-state index is -0.890. The lowest BCUT2D eigenvalue weighted by molar-refractivity contribution is -0.136. The third-order valence-electron chi connectivity index (χ3n) is 3.43. The van der Waals surface area contributed by atoms with Gasteiger partial charge >= 0.3 is 5.97 Å². The summed E-state index contributed by atoms with van der Waals surface area (Å²) in [5, 5.41) is 22.1. The van der Waals surface area contributed by atoms with Gasteiger partial charge < -0.3 is 5.11 Å². The van der Waals surface area contributed by atoms with Crippen LogP contribution in [0.1, 0.15) is 5.69 Å². The Morgan fingerprint density at radius 1 is 1.12 bits per heavy atom. The molecular weight excluding hydrogens is 388 g/mol. The zero-order chi connectivity index (χ0) is 17.9. The van der Waals surface area contributed by atoms with Crippen LogP contribution < -0.4 is 0 Å². The van der Waals surface area contributed by atoms with Crippen molar-refractivity contribution in [1.29, 1.82) is 0 Å². The molecule has 0 aliphatic carbocycles. The maximum Gasteiger partial charge on any atom is 0.309 e. The maximum atomic E-state index is 10.8. The van der Waals surface area contributed by atoms with Crippen molar-refractivity contribution < 1.29 is 9.90 Å². The highest BCUT2D eigenvalue weighted by molar-refractivity contribution is 8.00. The predicted molar refractivity (Wildman–Crippen MR) is 102 cm³/mol. The van der Waals surface area contributed by atoms with Crippen molar-refractivity contribution in [2.24, 2.45) is 0 Å². The second-order valence-corrected chi connectivity index (χ2v) is 8.25. The van der Waals surface area contributed by atoms with Crippen LogP contribution in [0, 0.1) is 0 Å². The monoisotopic (exact) mass is 400 g/mol. The molecule has 9 heteroatoms. The van der Waals surface area contributed by atoms with E-state index in [1.54, 1.807) is 16.7 Å². The van der Waals surface area contributed by atoms with Crippen LogP contribution in [0.2, 0.25) is 0 Å². The lowest BCUT2D eigenvalue weighted by Gasteiger charge is -2.08. The standard InChI is InChI=1S/C17H12N4O2S3/c22-14(23)9-11-10-25-17(18-11)26-16-20-19-15(13-7-4-8-24-13)21(16)12-5-2-1-3-6-12/h1-8,10H,9H2,(H,22,23). The number of aromatic nitrogens is 4. The highest BCUT2D eigenvalue weighted by Crippen LogP contribution is 2.34. The molecule has 0 aliphatic rings. The van der Waals surface area contributed by atoms with Crippen molar-refractivity contribution >= 4 is 40.4 Å². The largest absolute Gasteiger partial charge is 0.481 e. The van der Waals surface area contributed by atoms with Crippen LogP contribution in [0.15, 0.2) is 62.7 Å². The summed E-state index contributed by atoms with van der Waals surface area (Å²) in [7, 11) is 0. The maximum absolute atomic E-state index is 10.8. The summed E-state index contributed by atoms with van der Waals surface area (Å²) in [6, 6.07) is 13.9. The van der Waals surface area contributed by atoms with E-state index in [4.69, 9.17) is 5.11 Å². The third kappa shape index (κ3) is 3.55. The Labute approximate surface area is 161 Å². The van der Waals surface area contributed by atoms with Crippen LogP contribution in [-0.2, 0) is 11.2 Å². The molecule has 3 aromatic heterocycles. The summed E-state index contributed by atoms with van der Waals surface area (Å²) < 4.78 is 2.73. The minimum absolute atomic E-state index is 0.0805. The highest BCUT2D eigenvalue weighted by atomic mass is 32.2. The number of thiophene rings is 1. The molecule has 6 nitrogen and oxygen atoms in total. The normalized spacial score (nSPS) is 10.9. The number of rotatable bonds is 6. The molecule has 0 saturated heterocycles. The summed E-state index contributed by atoms with van der Waals surface area (Å²) in [5.74, 6) is -0.115. The van der Waals surface area contributed by atoms with E-state index in [1.165, 1.54) is 23.1 Å². The van der Waals surface area contributed by atoms with Crippen molar-refractivity contribution in [2.75, 3.05) is 0 Å². The molecule has 0 aliphatic heterocycles. The molecule has 0 fully saturated rings. The number of aliphatic carboxylic acids is 1. The molecule has 0 radical (unpaired) electrons. The summed E-state index contributed by atoms with van der Waals surface area (Å²) >= 11 is 4.40. The molecule has 0 atom stereocenters. The first-order valence-corrected chi connectivity index (χ1v) is 10.2. The van der Waals surface area contributed by atoms with Gasteiger partial charge in [-0.05, 0) is 35.3 Å². The molecule has 26 heavy (non-hydrogen) atoms. The molecule has 130 valence electrons. The number of thiazole rings is 1. The first kappa shape index (κ1) is 17.0. The zero-order valence-corrected chi connectivity index (χ0v) is 15.7. The molecule has 0 amide bonds. The topological polar surface area (TPSA) is 80.9 Å². The van der Waals surface area contributed by atoms with Crippen LogP contribution >= 0.6 is 34.4 Å². The molecule has 4 aromatic rings. The van der Waals surface area contributed by atoms with Crippen LogP contribution in [0.5, 0.6) is 0 Å². The number of benzene rings is 1. The number of hydrogen-bond donors (Lipinski definition) is 1. The first-order chi connectivity index (χ1) is 12.7. The Kier molecular flexibility index (Phi) is 4.83. The molecule has 1 aromatic carbocycles. The van der Waals surface area contributed by atoms with Crippen LogP contribution in [0.3, 0.4) is 0 Å². The van der Waals surface area contributed by atoms with Crippen LogP contribution in [0.25, 0.3) is 16.4 Å². The van der Waals surface area contributed by atoms with E-state index >= 15 is 0 Å². The van der Waals surface area contributed by atoms with E-state index in [-0.39, 0.29) is 6.42 Å². The number of para-hydroxylation sites is 1. The van der Waals surface area contributed by atoms with Crippen LogP contribution in [-0.4, -0.2) is 30.8 Å². The molecule has 3 heterocycles. The van der Waals surface area contributed by atoms with E-state index in [2.05, 4.69) is 15.2 Å². The van der Waals surface area contributed by atoms with Gasteiger partial charge in [-0.1, -0.05) is 24.3 Å². The van der Waals surface area contributed by atoms with Gasteiger partial charge in [-0.2, -0.15) is 0 Å². The number of hydrogen-bond acceptors (Lipinski definition) is 7. The molecule has 4 rings (SSSR count). The SMILES string of the molecule is O=C(O)Cc1csc(Sc2nnc(-c3cccs3)n2-c2ccccc2)n1. The Morgan fingerprint density at radius 3 is 2.69 bits per heavy atom. The molecule has 0 bridgehead atoms. The van der Waals surface area contributed by atoms with Gasteiger partial charge in [-0.3, -0.25) is 9.36 Å². The summed E-state index contributed by atoms with van der Waals surface area (Å²) in [6.07, 6.45) is -0.0805. The Morgan fingerprint density at radius 2 is 1.96 bits per heavy atom. The fourth-order valence-electron chi connectivity index (χ4n) is 2.36. The van der Waals surface area contributed by atoms with E-state index in [1.807, 2.05) is 52.4 Å². The van der Waals surface area contributed by atoms with Crippen molar-refractivity contribution in [3.05, 3.63) is 58.9 Å². The second kappa shape index (κ2) is 7.40. The van der Waals surface area contributed by atoms with Crippen molar-refractivity contribution in [3.63, 3.8) is 0 Å². The highest BCUT2D eigenvalue weighted by Gasteiger charge is 2.18. The van der Waals surface area contributed by atoms with Gasteiger partial charge in [0.2, 0.25) is 5.16 Å². The molecule has 0 unspecified atom stereocenters. The minimum Gasteiger partial charge on any atom is -0.481 e. The summed E-state index contributed by atoms with van der Waals surface area (Å²) in [5.41, 5.74) is 1.51. The molecule has 0 saturated carbocycles. The summed E-state index contributed by atoms with van der Waals surface area (Å²) in [6.45, 7) is 0. The Hall–Kier alpha value is -2.49. The Balaban J connectivity index is 1.72. The zero-order valence-electron chi connectivity index (χ0n) is 13.3. The summed E-state index contributed by atoms with van der Waals surface area (Å²) in [4.78, 5) is 16.2. The fourth-order valence-corrected chi connectivity index (χ4v) is 4.85. The van der Waals surface area contributed by atoms with E-state index < -0.39 is 5.97 Å².